The Hall–Kier alpha value is -4.31. The van der Waals surface area contributed by atoms with E-state index in [2.05, 4.69) is 123 Å². The smallest absolute Gasteiger partial charge is 0.361 e. The molecule has 0 bridgehead atoms. The molecule has 0 aliphatic rings. The zero-order chi connectivity index (χ0) is 59.1. The molecular formula is C72H122NO8+. The van der Waals surface area contributed by atoms with E-state index in [1.54, 1.807) is 0 Å². The third kappa shape index (κ3) is 63.1. The number of hydrogen-bond acceptors (Lipinski definition) is 7. The van der Waals surface area contributed by atoms with Gasteiger partial charge in [-0.3, -0.25) is 9.59 Å². The fraction of sp³-hybridized carbons (Fsp3) is 0.681. The van der Waals surface area contributed by atoms with E-state index in [9.17, 15) is 19.5 Å². The van der Waals surface area contributed by atoms with Crippen LogP contribution >= 0.6 is 0 Å². The lowest BCUT2D eigenvalue weighted by Gasteiger charge is -2.25. The number of unbranched alkanes of at least 4 members (excludes halogenated alkanes) is 24. The van der Waals surface area contributed by atoms with Gasteiger partial charge in [0.1, 0.15) is 13.2 Å². The first-order chi connectivity index (χ1) is 39.6. The largest absolute Gasteiger partial charge is 0.477 e. The molecular weight excluding hydrogens is 1010 g/mol. The molecule has 81 heavy (non-hydrogen) atoms. The first-order valence-corrected chi connectivity index (χ1v) is 32.7. The average Bonchev–Trinajstić information content (AvgIpc) is 3.44. The van der Waals surface area contributed by atoms with Crippen molar-refractivity contribution in [2.24, 2.45) is 0 Å². The molecule has 0 saturated carbocycles. The first-order valence-electron chi connectivity index (χ1n) is 32.7. The van der Waals surface area contributed by atoms with Crippen molar-refractivity contribution in [3.63, 3.8) is 0 Å². The number of rotatable bonds is 59. The zero-order valence-corrected chi connectivity index (χ0v) is 52.7. The summed E-state index contributed by atoms with van der Waals surface area (Å²) in [6.07, 6.45) is 84.8. The summed E-state index contributed by atoms with van der Waals surface area (Å²) in [4.78, 5) is 37.4. The summed E-state index contributed by atoms with van der Waals surface area (Å²) < 4.78 is 22.8. The van der Waals surface area contributed by atoms with E-state index in [-0.39, 0.29) is 38.6 Å². The molecule has 0 radical (unpaired) electrons. The second kappa shape index (κ2) is 61.8. The van der Waals surface area contributed by atoms with Crippen LogP contribution in [0.3, 0.4) is 0 Å². The van der Waals surface area contributed by atoms with Gasteiger partial charge in [-0.2, -0.15) is 0 Å². The lowest BCUT2D eigenvalue weighted by Crippen LogP contribution is -2.40. The van der Waals surface area contributed by atoms with Gasteiger partial charge in [-0.05, 0) is 89.9 Å². The SMILES string of the molecule is CC/C=C\C/C=C\C/C=C\C/C=C\C/C=C\C/C=C\CCC(=O)OC(COC(=O)CCCCCCCCCCCCCCCCCCCCCCCCCC/C=C\C/C=C\C/C=C\C/C=C\CC)COC(OCC[N+](C)(C)C)C(=O)O. The van der Waals surface area contributed by atoms with Crippen LogP contribution in [0.2, 0.25) is 0 Å². The fourth-order valence-electron chi connectivity index (χ4n) is 8.80. The summed E-state index contributed by atoms with van der Waals surface area (Å²) in [5, 5.41) is 9.71. The number of ether oxygens (including phenoxy) is 4. The molecule has 0 aliphatic heterocycles. The van der Waals surface area contributed by atoms with Crippen LogP contribution in [0.15, 0.2) is 122 Å². The minimum absolute atomic E-state index is 0.131. The quantitative estimate of drug-likeness (QED) is 0.0211. The van der Waals surface area contributed by atoms with Gasteiger partial charge >= 0.3 is 17.9 Å². The van der Waals surface area contributed by atoms with Gasteiger partial charge in [-0.1, -0.05) is 277 Å². The molecule has 2 atom stereocenters. The molecule has 0 heterocycles. The second-order valence-corrected chi connectivity index (χ2v) is 22.7. The maximum Gasteiger partial charge on any atom is 0.361 e. The van der Waals surface area contributed by atoms with Crippen LogP contribution in [0.4, 0.5) is 0 Å². The Bertz CT molecular complexity index is 1740. The zero-order valence-electron chi connectivity index (χ0n) is 52.7. The third-order valence-corrected chi connectivity index (χ3v) is 13.7. The number of likely N-dealkylation sites (N-methyl/N-ethyl adjacent to an activating group) is 1. The minimum atomic E-state index is -1.54. The van der Waals surface area contributed by atoms with Gasteiger partial charge < -0.3 is 28.5 Å². The number of quaternary nitrogens is 1. The summed E-state index contributed by atoms with van der Waals surface area (Å²) in [5.41, 5.74) is 0. The van der Waals surface area contributed by atoms with Gasteiger partial charge in [0, 0.05) is 12.8 Å². The van der Waals surface area contributed by atoms with Crippen LogP contribution in [-0.4, -0.2) is 87.4 Å². The highest BCUT2D eigenvalue weighted by molar-refractivity contribution is 5.71. The van der Waals surface area contributed by atoms with E-state index >= 15 is 0 Å². The van der Waals surface area contributed by atoms with Crippen molar-refractivity contribution in [3.8, 4) is 0 Å². The molecule has 1 N–H and O–H groups in total. The summed E-state index contributed by atoms with van der Waals surface area (Å²) in [7, 11) is 5.94. The number of aliphatic carboxylic acids is 1. The maximum atomic E-state index is 12.8. The highest BCUT2D eigenvalue weighted by Gasteiger charge is 2.25. The van der Waals surface area contributed by atoms with Crippen LogP contribution in [0.1, 0.15) is 258 Å². The first kappa shape index (κ1) is 76.7. The average molecular weight is 1130 g/mol. The number of carboxylic acids is 1. The summed E-state index contributed by atoms with van der Waals surface area (Å²) in [6, 6.07) is 0. The van der Waals surface area contributed by atoms with Gasteiger partial charge in [-0.15, -0.1) is 0 Å². The lowest BCUT2D eigenvalue weighted by molar-refractivity contribution is -0.870. The van der Waals surface area contributed by atoms with Crippen LogP contribution in [0, 0.1) is 0 Å². The van der Waals surface area contributed by atoms with Crippen molar-refractivity contribution in [2.45, 2.75) is 270 Å². The predicted molar refractivity (Wildman–Crippen MR) is 345 cm³/mol. The Balaban J connectivity index is 4.09. The molecule has 0 fully saturated rings. The Labute approximate surface area is 497 Å². The van der Waals surface area contributed by atoms with Crippen molar-refractivity contribution >= 4 is 17.9 Å². The molecule has 0 spiro atoms. The minimum Gasteiger partial charge on any atom is -0.477 e. The molecule has 0 rings (SSSR count). The van der Waals surface area contributed by atoms with E-state index in [1.165, 1.54) is 141 Å². The van der Waals surface area contributed by atoms with Crippen molar-refractivity contribution in [2.75, 3.05) is 47.5 Å². The number of esters is 2. The number of carboxylic acid groups (broad SMARTS) is 1. The van der Waals surface area contributed by atoms with Crippen LogP contribution in [-0.2, 0) is 33.3 Å². The Kier molecular flexibility index (Phi) is 58.5. The van der Waals surface area contributed by atoms with Crippen molar-refractivity contribution in [3.05, 3.63) is 122 Å². The number of hydrogen-bond donors (Lipinski definition) is 1. The van der Waals surface area contributed by atoms with Gasteiger partial charge in [0.15, 0.2) is 6.10 Å². The number of carbonyl (C=O) groups excluding carboxylic acids is 2. The molecule has 2 unspecified atom stereocenters. The van der Waals surface area contributed by atoms with Gasteiger partial charge in [0.05, 0.1) is 34.4 Å². The number of allylic oxidation sites excluding steroid dienone is 20. The Morgan fingerprint density at radius 2 is 0.691 bits per heavy atom. The summed E-state index contributed by atoms with van der Waals surface area (Å²) >= 11 is 0. The predicted octanol–water partition coefficient (Wildman–Crippen LogP) is 20.0. The third-order valence-electron chi connectivity index (χ3n) is 13.7. The molecule has 0 saturated heterocycles. The van der Waals surface area contributed by atoms with Crippen LogP contribution < -0.4 is 0 Å². The molecule has 0 aromatic carbocycles. The maximum absolute atomic E-state index is 12.8. The highest BCUT2D eigenvalue weighted by Crippen LogP contribution is 2.17. The van der Waals surface area contributed by atoms with Gasteiger partial charge in [0.25, 0.3) is 6.29 Å². The van der Waals surface area contributed by atoms with Crippen molar-refractivity contribution in [1.82, 2.24) is 0 Å². The number of nitrogens with zero attached hydrogens (tertiary/aromatic N) is 1. The summed E-state index contributed by atoms with van der Waals surface area (Å²) in [5.74, 6) is -2.12. The van der Waals surface area contributed by atoms with E-state index in [1.807, 2.05) is 33.3 Å². The molecule has 0 amide bonds. The number of carbonyl (C=O) groups is 3. The molecule has 9 heteroatoms. The fourth-order valence-corrected chi connectivity index (χ4v) is 8.80. The van der Waals surface area contributed by atoms with Gasteiger partial charge in [0.2, 0.25) is 0 Å². The second-order valence-electron chi connectivity index (χ2n) is 22.7. The molecule has 0 aliphatic carbocycles. The van der Waals surface area contributed by atoms with Crippen LogP contribution in [0.25, 0.3) is 0 Å². The lowest BCUT2D eigenvalue weighted by atomic mass is 10.0. The van der Waals surface area contributed by atoms with Gasteiger partial charge in [-0.25, -0.2) is 4.79 Å². The molecule has 9 nitrogen and oxygen atoms in total. The summed E-state index contributed by atoms with van der Waals surface area (Å²) in [6.45, 7) is 4.57. The molecule has 462 valence electrons. The normalized spacial score (nSPS) is 13.5. The van der Waals surface area contributed by atoms with Crippen LogP contribution in [0.5, 0.6) is 0 Å². The highest BCUT2D eigenvalue weighted by atomic mass is 16.7. The monoisotopic (exact) mass is 1130 g/mol. The van der Waals surface area contributed by atoms with E-state index < -0.39 is 24.3 Å². The topological polar surface area (TPSA) is 108 Å². The van der Waals surface area contributed by atoms with E-state index in [0.29, 0.717) is 17.4 Å². The van der Waals surface area contributed by atoms with E-state index in [0.717, 1.165) is 83.5 Å². The van der Waals surface area contributed by atoms with E-state index in [4.69, 9.17) is 18.9 Å². The Morgan fingerprint density at radius 3 is 1.04 bits per heavy atom. The molecule has 0 aromatic heterocycles. The Morgan fingerprint density at radius 1 is 0.370 bits per heavy atom. The van der Waals surface area contributed by atoms with Crippen molar-refractivity contribution < 1.29 is 42.9 Å². The van der Waals surface area contributed by atoms with Crippen molar-refractivity contribution in [1.29, 1.82) is 0 Å². The molecule has 0 aromatic rings. The standard InChI is InChI=1S/C72H121NO8/c1-6-8-10-12-14-16-18-20-22-24-26-27-28-29-30-31-32-33-34-35-36-37-38-39-40-41-42-43-45-46-48-50-52-54-56-58-60-62-69(74)79-66-68(67-80-72(71(76)77)78-65-64-73(3,4)5)81-70(75)63-61-59-57-55-53-51-49-47-44-25-23-21-19-17-15-13-11-9-7-2/h8-11,14-17,20-23,26-27,44,47,51,53,57,59,68,72H,6-7,12-13,18-19,24-25,28-43,45-46,48-50,52,54-56,58,60-67H2,1-5H3/p+1/b10-8-,11-9-,16-14-,17-15-,22-20-,23-21-,27-26-,47-44-,53-51-,59-57-.